The van der Waals surface area contributed by atoms with Crippen LogP contribution in [0, 0.1) is 23.2 Å². The topological polar surface area (TPSA) is 46.5 Å². The van der Waals surface area contributed by atoms with Crippen LogP contribution in [0.15, 0.2) is 0 Å². The molecule has 0 aromatic carbocycles. The van der Waals surface area contributed by atoms with Gasteiger partial charge in [0, 0.05) is 5.41 Å². The Morgan fingerprint density at radius 2 is 2.21 bits per heavy atom. The van der Waals surface area contributed by atoms with E-state index in [0.29, 0.717) is 11.8 Å². The molecule has 3 heteroatoms. The molecule has 0 radical (unpaired) electrons. The maximum atomic E-state index is 10.8. The van der Waals surface area contributed by atoms with Gasteiger partial charge in [-0.25, -0.2) is 0 Å². The van der Waals surface area contributed by atoms with Crippen molar-refractivity contribution in [1.29, 1.82) is 0 Å². The zero-order valence-electron chi connectivity index (χ0n) is 8.82. The van der Waals surface area contributed by atoms with Crippen LogP contribution in [0.25, 0.3) is 0 Å². The zero-order valence-corrected chi connectivity index (χ0v) is 8.82. The van der Waals surface area contributed by atoms with Gasteiger partial charge in [-0.15, -0.1) is 0 Å². The summed E-state index contributed by atoms with van der Waals surface area (Å²) in [5.41, 5.74) is 0.206. The highest BCUT2D eigenvalue weighted by Gasteiger charge is 2.59. The number of carbonyl (C=O) groups is 1. The molecule has 0 amide bonds. The normalized spacial score (nSPS) is 33.9. The molecule has 2 rings (SSSR count). The van der Waals surface area contributed by atoms with Crippen LogP contribution >= 0.6 is 0 Å². The third kappa shape index (κ3) is 1.54. The summed E-state index contributed by atoms with van der Waals surface area (Å²) >= 11 is 0. The molecule has 1 aliphatic carbocycles. The molecule has 0 aromatic heterocycles. The molecular weight excluding hydrogens is 180 g/mol. The van der Waals surface area contributed by atoms with E-state index in [1.54, 1.807) is 0 Å². The molecule has 1 N–H and O–H groups in total. The number of hydrogen-bond donors (Lipinski definition) is 1. The van der Waals surface area contributed by atoms with Crippen LogP contribution in [0.3, 0.4) is 0 Å². The van der Waals surface area contributed by atoms with Crippen molar-refractivity contribution in [3.05, 3.63) is 0 Å². The first-order valence-electron chi connectivity index (χ1n) is 5.36. The Kier molecular flexibility index (Phi) is 2.30. The van der Waals surface area contributed by atoms with Gasteiger partial charge in [-0.2, -0.15) is 0 Å². The smallest absolute Gasteiger partial charge is 0.306 e. The van der Waals surface area contributed by atoms with Crippen LogP contribution in [0.5, 0.6) is 0 Å². The maximum Gasteiger partial charge on any atom is 0.306 e. The summed E-state index contributed by atoms with van der Waals surface area (Å²) in [6.07, 6.45) is 1.98. The molecule has 1 aliphatic heterocycles. The molecule has 0 bridgehead atoms. The summed E-state index contributed by atoms with van der Waals surface area (Å²) in [7, 11) is 0. The first-order chi connectivity index (χ1) is 6.55. The number of ether oxygens (including phenoxy) is 1. The zero-order chi connectivity index (χ0) is 10.3. The molecular formula is C11H18O3. The minimum Gasteiger partial charge on any atom is -0.481 e. The van der Waals surface area contributed by atoms with Crippen molar-refractivity contribution in [2.24, 2.45) is 23.2 Å². The Morgan fingerprint density at radius 1 is 1.57 bits per heavy atom. The van der Waals surface area contributed by atoms with Gasteiger partial charge in [0.1, 0.15) is 0 Å². The van der Waals surface area contributed by atoms with E-state index in [4.69, 9.17) is 9.84 Å². The highest BCUT2D eigenvalue weighted by atomic mass is 16.5. The summed E-state index contributed by atoms with van der Waals surface area (Å²) in [5, 5.41) is 8.90. The molecule has 1 heterocycles. The largest absolute Gasteiger partial charge is 0.481 e. The Labute approximate surface area is 84.4 Å². The van der Waals surface area contributed by atoms with Crippen LogP contribution in [0.1, 0.15) is 26.7 Å². The van der Waals surface area contributed by atoms with Crippen molar-refractivity contribution in [2.75, 3.05) is 13.2 Å². The third-order valence-corrected chi connectivity index (χ3v) is 3.49. The summed E-state index contributed by atoms with van der Waals surface area (Å²) in [5.74, 6) is 0.313. The van der Waals surface area contributed by atoms with E-state index in [1.165, 1.54) is 0 Å². The number of carboxylic acids is 1. The molecule has 14 heavy (non-hydrogen) atoms. The van der Waals surface area contributed by atoms with Gasteiger partial charge in [-0.1, -0.05) is 13.8 Å². The lowest BCUT2D eigenvalue weighted by atomic mass is 9.73. The van der Waals surface area contributed by atoms with Crippen molar-refractivity contribution in [2.45, 2.75) is 26.7 Å². The minimum absolute atomic E-state index is 0.0855. The first-order valence-corrected chi connectivity index (χ1v) is 5.36. The van der Waals surface area contributed by atoms with Gasteiger partial charge in [-0.3, -0.25) is 4.79 Å². The van der Waals surface area contributed by atoms with E-state index >= 15 is 0 Å². The van der Waals surface area contributed by atoms with Gasteiger partial charge in [0.15, 0.2) is 0 Å². The number of hydrogen-bond acceptors (Lipinski definition) is 2. The van der Waals surface area contributed by atoms with E-state index in [0.717, 1.165) is 26.1 Å². The van der Waals surface area contributed by atoms with E-state index in [9.17, 15) is 4.79 Å². The second-order valence-electron chi connectivity index (χ2n) is 5.24. The lowest BCUT2D eigenvalue weighted by Gasteiger charge is -2.43. The van der Waals surface area contributed by atoms with Gasteiger partial charge < -0.3 is 9.84 Å². The molecule has 80 valence electrons. The minimum atomic E-state index is -0.620. The lowest BCUT2D eigenvalue weighted by molar-refractivity contribution is -0.150. The third-order valence-electron chi connectivity index (χ3n) is 3.49. The standard InChI is InChI=1S/C11H18O3/c1-7(2)4-11(5-14-6-11)9-3-8(9)10(12)13/h7-9H,3-6H2,1-2H3,(H,12,13). The Hall–Kier alpha value is -0.570. The molecule has 1 saturated carbocycles. The Bertz CT molecular complexity index is 243. The summed E-state index contributed by atoms with van der Waals surface area (Å²) < 4.78 is 5.28. The Morgan fingerprint density at radius 3 is 2.50 bits per heavy atom. The molecule has 2 fully saturated rings. The fourth-order valence-corrected chi connectivity index (χ4v) is 2.81. The average molecular weight is 198 g/mol. The van der Waals surface area contributed by atoms with Crippen molar-refractivity contribution >= 4 is 5.97 Å². The van der Waals surface area contributed by atoms with Crippen molar-refractivity contribution in [1.82, 2.24) is 0 Å². The van der Waals surface area contributed by atoms with Crippen molar-refractivity contribution < 1.29 is 14.6 Å². The van der Waals surface area contributed by atoms with Crippen LogP contribution in [-0.4, -0.2) is 24.3 Å². The summed E-state index contributed by atoms with van der Waals surface area (Å²) in [4.78, 5) is 10.8. The highest BCUT2D eigenvalue weighted by Crippen LogP contribution is 2.57. The van der Waals surface area contributed by atoms with Crippen molar-refractivity contribution in [3.8, 4) is 0 Å². The van der Waals surface area contributed by atoms with Crippen molar-refractivity contribution in [3.63, 3.8) is 0 Å². The van der Waals surface area contributed by atoms with E-state index < -0.39 is 5.97 Å². The quantitative estimate of drug-likeness (QED) is 0.748. The van der Waals surface area contributed by atoms with Gasteiger partial charge in [0.05, 0.1) is 19.1 Å². The monoisotopic (exact) mass is 198 g/mol. The van der Waals surface area contributed by atoms with Gasteiger partial charge in [-0.05, 0) is 24.7 Å². The second-order valence-corrected chi connectivity index (χ2v) is 5.24. The van der Waals surface area contributed by atoms with Crippen LogP contribution in [0.2, 0.25) is 0 Å². The van der Waals surface area contributed by atoms with Gasteiger partial charge in [0.2, 0.25) is 0 Å². The summed E-state index contributed by atoms with van der Waals surface area (Å²) in [6, 6.07) is 0. The Balaban J connectivity index is 1.97. The highest BCUT2D eigenvalue weighted by molar-refractivity contribution is 5.73. The van der Waals surface area contributed by atoms with E-state index in [-0.39, 0.29) is 11.3 Å². The molecule has 0 spiro atoms. The van der Waals surface area contributed by atoms with E-state index in [2.05, 4.69) is 13.8 Å². The predicted octanol–water partition coefficient (Wildman–Crippen LogP) is 1.77. The SMILES string of the molecule is CC(C)CC1(C2CC2C(=O)O)COC1. The van der Waals surface area contributed by atoms with E-state index in [1.807, 2.05) is 0 Å². The molecule has 0 aromatic rings. The number of carboxylic acid groups (broad SMARTS) is 1. The van der Waals surface area contributed by atoms with Gasteiger partial charge >= 0.3 is 5.97 Å². The molecule has 3 nitrogen and oxygen atoms in total. The fraction of sp³-hybridized carbons (Fsp3) is 0.909. The lowest BCUT2D eigenvalue weighted by Crippen LogP contribution is -2.46. The van der Waals surface area contributed by atoms with Gasteiger partial charge in [0.25, 0.3) is 0 Å². The predicted molar refractivity (Wildman–Crippen MR) is 51.9 cm³/mol. The summed E-state index contributed by atoms with van der Waals surface area (Å²) in [6.45, 7) is 5.94. The molecule has 2 unspecified atom stereocenters. The fourth-order valence-electron chi connectivity index (χ4n) is 2.81. The second kappa shape index (κ2) is 3.23. The maximum absolute atomic E-state index is 10.8. The van der Waals surface area contributed by atoms with Crippen LogP contribution in [0.4, 0.5) is 0 Å². The number of rotatable bonds is 4. The molecule has 1 saturated heterocycles. The van der Waals surface area contributed by atoms with Crippen LogP contribution < -0.4 is 0 Å². The first kappa shape index (κ1) is 9.97. The van der Waals surface area contributed by atoms with Crippen LogP contribution in [-0.2, 0) is 9.53 Å². The molecule has 2 atom stereocenters. The number of aliphatic carboxylic acids is 1. The molecule has 2 aliphatic rings. The average Bonchev–Trinajstić information content (AvgIpc) is 2.75.